The van der Waals surface area contributed by atoms with Gasteiger partial charge in [-0.3, -0.25) is 19.1 Å². The van der Waals surface area contributed by atoms with Crippen LogP contribution >= 0.6 is 0 Å². The molecule has 16 heteroatoms. The topological polar surface area (TPSA) is 186 Å². The van der Waals surface area contributed by atoms with Crippen LogP contribution in [0.15, 0.2) is 49.1 Å². The molecule has 1 aromatic heterocycles. The van der Waals surface area contributed by atoms with E-state index in [0.717, 1.165) is 94.8 Å². The zero-order valence-electron chi connectivity index (χ0n) is 39.3. The molecule has 9 rings (SSSR count). The van der Waals surface area contributed by atoms with Crippen molar-refractivity contribution in [3.63, 3.8) is 0 Å². The molecule has 15 nitrogen and oxygen atoms in total. The third kappa shape index (κ3) is 10.6. The normalized spacial score (nSPS) is 31.0. The Labute approximate surface area is 395 Å². The van der Waals surface area contributed by atoms with Gasteiger partial charge in [-0.1, -0.05) is 57.0 Å². The Morgan fingerprint density at radius 2 is 1.79 bits per heavy atom. The number of carbonyl (C=O) groups is 4. The van der Waals surface area contributed by atoms with Gasteiger partial charge in [0.2, 0.25) is 27.7 Å². The number of sulfonamides is 1. The molecule has 2 saturated heterocycles. The number of nitrogens with one attached hydrogen (secondary N) is 3. The Bertz CT molecular complexity index is 2350. The number of aromatic nitrogens is 1. The SMILES string of the molecule is C=C[C@@H]1C[C@]1(NC(=O)[C@@H]1C[C@@H]2CN1C(=O)[C@H](C1CCCC1)NC(=O)O[C@@H]1CCC[C@H]1CC/C=C\Cc1c(nc3ccccc3c1OCCCN1CCCC(C)(C)C1)O2)C(=O)NS(=O)(=O)C1CC1. The average molecular weight is 943 g/mol. The second-order valence-electron chi connectivity index (χ2n) is 21.2. The number of rotatable bonds is 12. The third-order valence-electron chi connectivity index (χ3n) is 15.6. The molecule has 0 radical (unpaired) electrons. The smallest absolute Gasteiger partial charge is 0.408 e. The number of carbonyl (C=O) groups excluding carboxylic acids is 4. The summed E-state index contributed by atoms with van der Waals surface area (Å²) in [6, 6.07) is 5.76. The van der Waals surface area contributed by atoms with Gasteiger partial charge in [0.1, 0.15) is 35.6 Å². The highest BCUT2D eigenvalue weighted by Crippen LogP contribution is 2.46. The first-order valence-electron chi connectivity index (χ1n) is 25.1. The van der Waals surface area contributed by atoms with E-state index in [4.69, 9.17) is 19.2 Å². The molecule has 4 amide bonds. The van der Waals surface area contributed by atoms with Gasteiger partial charge in [0.15, 0.2) is 0 Å². The number of pyridine rings is 1. The van der Waals surface area contributed by atoms with Gasteiger partial charge in [-0.15, -0.1) is 6.58 Å². The Morgan fingerprint density at radius 3 is 2.55 bits per heavy atom. The van der Waals surface area contributed by atoms with Crippen molar-refractivity contribution >= 4 is 44.7 Å². The molecule has 0 spiro atoms. The Morgan fingerprint density at radius 1 is 1.00 bits per heavy atom. The van der Waals surface area contributed by atoms with Crippen LogP contribution < -0.4 is 24.8 Å². The highest BCUT2D eigenvalue weighted by molar-refractivity contribution is 7.91. The predicted octanol–water partition coefficient (Wildman–Crippen LogP) is 6.49. The fourth-order valence-corrected chi connectivity index (χ4v) is 13.0. The highest BCUT2D eigenvalue weighted by atomic mass is 32.2. The van der Waals surface area contributed by atoms with Crippen molar-refractivity contribution in [2.24, 2.45) is 23.2 Å². The number of likely N-dealkylation sites (tertiary alicyclic amines) is 1. The van der Waals surface area contributed by atoms with Gasteiger partial charge in [-0.05, 0) is 126 Å². The van der Waals surface area contributed by atoms with Gasteiger partial charge < -0.3 is 34.6 Å². The average Bonchev–Trinajstić information content (AvgIpc) is 4.08. The minimum Gasteiger partial charge on any atom is -0.492 e. The summed E-state index contributed by atoms with van der Waals surface area (Å²) in [6.45, 7) is 12.1. The van der Waals surface area contributed by atoms with Gasteiger partial charge in [-0.25, -0.2) is 18.2 Å². The van der Waals surface area contributed by atoms with E-state index in [9.17, 15) is 22.8 Å². The quantitative estimate of drug-likeness (QED) is 0.156. The molecule has 0 unspecified atom stereocenters. The van der Waals surface area contributed by atoms with E-state index in [1.165, 1.54) is 17.7 Å². The van der Waals surface area contributed by atoms with Gasteiger partial charge in [-0.2, -0.15) is 0 Å². The summed E-state index contributed by atoms with van der Waals surface area (Å²) in [5.41, 5.74) is 0.204. The van der Waals surface area contributed by atoms with E-state index in [2.05, 4.69) is 52.8 Å². The number of allylic oxidation sites excluding steroid dienone is 2. The van der Waals surface area contributed by atoms with Crippen molar-refractivity contribution in [1.29, 1.82) is 0 Å². The standard InChI is InChI=1S/C51H70N6O9S/c1-4-35-30-51(35,48(60)55-67(62,63)37-23-24-37)54-45(58)41-29-36-31-57(41)47(59)43(34-16-8-9-17-34)53-49(61)66-42-22-12-18-33(42)15-6-5-7-20-39-44(38-19-10-11-21-40(38)52-46(39)65-36)64-28-14-27-56-26-13-25-50(2,3)32-56/h4-5,7,10-11,19,21,33-37,41-43H,1,6,8-9,12-18,20,22-32H2,2-3H3,(H,53,61)(H,54,58)(H,55,60)/b7-5-/t33-,35-,36-,41+,42-,43+,51-/m1/s1. The number of piperidine rings is 1. The number of ether oxygens (including phenoxy) is 3. The Kier molecular flexibility index (Phi) is 13.9. The van der Waals surface area contributed by atoms with Crippen LogP contribution in [0.4, 0.5) is 4.79 Å². The first kappa shape index (κ1) is 47.4. The number of hydrogen-bond donors (Lipinski definition) is 3. The van der Waals surface area contributed by atoms with Crippen molar-refractivity contribution in [3.8, 4) is 11.6 Å². The number of para-hydroxylation sites is 1. The molecule has 7 aliphatic rings. The maximum Gasteiger partial charge on any atom is 0.408 e. The number of benzene rings is 1. The van der Waals surface area contributed by atoms with Crippen molar-refractivity contribution in [1.82, 2.24) is 30.1 Å². The molecule has 6 fully saturated rings. The molecular formula is C51H70N6O9S. The molecule has 7 atom stereocenters. The second-order valence-corrected chi connectivity index (χ2v) is 23.2. The molecule has 67 heavy (non-hydrogen) atoms. The van der Waals surface area contributed by atoms with Gasteiger partial charge in [0.25, 0.3) is 5.91 Å². The third-order valence-corrected chi connectivity index (χ3v) is 17.4. The highest BCUT2D eigenvalue weighted by Gasteiger charge is 2.62. The zero-order valence-corrected chi connectivity index (χ0v) is 40.2. The minimum atomic E-state index is -3.92. The lowest BCUT2D eigenvalue weighted by atomic mass is 9.84. The first-order chi connectivity index (χ1) is 32.2. The molecule has 2 aromatic rings. The number of hydrogen-bond acceptors (Lipinski definition) is 11. The fourth-order valence-electron chi connectivity index (χ4n) is 11.7. The van der Waals surface area contributed by atoms with Gasteiger partial charge in [0.05, 0.1) is 29.5 Å². The van der Waals surface area contributed by atoms with Crippen LogP contribution in [0.3, 0.4) is 0 Å². The van der Waals surface area contributed by atoms with Crippen molar-refractivity contribution in [2.45, 2.75) is 158 Å². The summed E-state index contributed by atoms with van der Waals surface area (Å²) in [5, 5.41) is 6.12. The summed E-state index contributed by atoms with van der Waals surface area (Å²) in [6.07, 6.45) is 16.6. The monoisotopic (exact) mass is 942 g/mol. The molecule has 364 valence electrons. The molecule has 4 aliphatic carbocycles. The first-order valence-corrected chi connectivity index (χ1v) is 26.6. The Hall–Kier alpha value is -4.70. The zero-order chi connectivity index (χ0) is 46.9. The number of amides is 4. The summed E-state index contributed by atoms with van der Waals surface area (Å²) in [5.74, 6) is -1.32. The van der Waals surface area contributed by atoms with Crippen LogP contribution in [0.2, 0.25) is 0 Å². The van der Waals surface area contributed by atoms with Gasteiger partial charge >= 0.3 is 6.09 Å². The van der Waals surface area contributed by atoms with Crippen LogP contribution in [0.1, 0.15) is 122 Å². The van der Waals surface area contributed by atoms with E-state index >= 15 is 4.79 Å². The van der Waals surface area contributed by atoms with Crippen LogP contribution in [-0.4, -0.2) is 115 Å². The molecule has 2 bridgehead atoms. The second kappa shape index (κ2) is 19.7. The lowest BCUT2D eigenvalue weighted by Gasteiger charge is -2.38. The number of fused-ring (bicyclic) bond motifs is 5. The lowest BCUT2D eigenvalue weighted by Crippen LogP contribution is -2.59. The van der Waals surface area contributed by atoms with E-state index < -0.39 is 68.7 Å². The summed E-state index contributed by atoms with van der Waals surface area (Å²) in [7, 11) is -3.92. The number of nitrogens with zero attached hydrogens (tertiary/aromatic N) is 3. The van der Waals surface area contributed by atoms with Crippen LogP contribution in [0.25, 0.3) is 10.9 Å². The summed E-state index contributed by atoms with van der Waals surface area (Å²) < 4.78 is 47.9. The maximum atomic E-state index is 15.1. The summed E-state index contributed by atoms with van der Waals surface area (Å²) in [4.78, 5) is 66.6. The van der Waals surface area contributed by atoms with E-state index in [-0.39, 0.29) is 37.3 Å². The van der Waals surface area contributed by atoms with Gasteiger partial charge in [0, 0.05) is 30.8 Å². The van der Waals surface area contributed by atoms with E-state index in [1.54, 1.807) is 6.08 Å². The largest absolute Gasteiger partial charge is 0.492 e. The van der Waals surface area contributed by atoms with E-state index in [1.807, 2.05) is 24.3 Å². The van der Waals surface area contributed by atoms with Crippen LogP contribution in [0, 0.1) is 23.2 Å². The van der Waals surface area contributed by atoms with E-state index in [0.29, 0.717) is 48.4 Å². The molecule has 3 N–H and O–H groups in total. The van der Waals surface area contributed by atoms with Crippen molar-refractivity contribution in [3.05, 3.63) is 54.6 Å². The maximum absolute atomic E-state index is 15.1. The molecular weight excluding hydrogens is 873 g/mol. The molecule has 3 aliphatic heterocycles. The van der Waals surface area contributed by atoms with Crippen molar-refractivity contribution in [2.75, 3.05) is 32.8 Å². The number of alkyl carbamates (subject to hydrolysis) is 1. The molecule has 1 aromatic carbocycles. The van der Waals surface area contributed by atoms with Crippen LogP contribution in [0.5, 0.6) is 11.6 Å². The van der Waals surface area contributed by atoms with Crippen LogP contribution in [-0.2, 0) is 35.6 Å². The Balaban J connectivity index is 1.05. The summed E-state index contributed by atoms with van der Waals surface area (Å²) >= 11 is 0. The lowest BCUT2D eigenvalue weighted by molar-refractivity contribution is -0.142. The predicted molar refractivity (Wildman–Crippen MR) is 254 cm³/mol. The minimum absolute atomic E-state index is 0.00608. The fraction of sp³-hybridized carbons (Fsp3) is 0.667. The molecule has 4 saturated carbocycles. The molecule has 4 heterocycles. The van der Waals surface area contributed by atoms with Crippen molar-refractivity contribution < 1.29 is 41.8 Å².